The molecule has 0 saturated carbocycles. The van der Waals surface area contributed by atoms with Gasteiger partial charge in [-0.05, 0) is 29.7 Å². The molecule has 26 heavy (non-hydrogen) atoms. The lowest BCUT2D eigenvalue weighted by Crippen LogP contribution is -2.29. The molecule has 2 amide bonds. The molecule has 0 spiro atoms. The molecule has 136 valence electrons. The number of hydrogen-bond acceptors (Lipinski definition) is 3. The smallest absolute Gasteiger partial charge is 0.261 e. The van der Waals surface area contributed by atoms with E-state index < -0.39 is 0 Å². The molecule has 0 bridgehead atoms. The van der Waals surface area contributed by atoms with E-state index in [0.717, 1.165) is 24.2 Å². The van der Waals surface area contributed by atoms with Crippen LogP contribution in [0, 0.1) is 0 Å². The number of unbranched alkanes of at least 4 members (excludes halogenated alkanes) is 3. The molecule has 2 aromatic rings. The summed E-state index contributed by atoms with van der Waals surface area (Å²) in [5, 5.41) is 0. The van der Waals surface area contributed by atoms with Gasteiger partial charge in [-0.25, -0.2) is 0 Å². The third-order valence-corrected chi connectivity index (χ3v) is 4.72. The van der Waals surface area contributed by atoms with Crippen LogP contribution >= 0.6 is 0 Å². The fourth-order valence-corrected chi connectivity index (χ4v) is 3.22. The van der Waals surface area contributed by atoms with Gasteiger partial charge in [0.15, 0.2) is 0 Å². The van der Waals surface area contributed by atoms with Crippen molar-refractivity contribution in [3.8, 4) is 0 Å². The number of ether oxygens (including phenoxy) is 1. The Balaban J connectivity index is 1.64. The van der Waals surface area contributed by atoms with Crippen LogP contribution in [0.5, 0.6) is 0 Å². The molecule has 0 radical (unpaired) electrons. The molecule has 0 saturated heterocycles. The lowest BCUT2D eigenvalue weighted by molar-refractivity contribution is 0.0639. The van der Waals surface area contributed by atoms with E-state index in [0.29, 0.717) is 17.7 Å². The molecule has 1 aliphatic rings. The molecule has 0 unspecified atom stereocenters. The van der Waals surface area contributed by atoms with Crippen molar-refractivity contribution >= 4 is 11.8 Å². The van der Waals surface area contributed by atoms with E-state index in [1.165, 1.54) is 24.2 Å². The average molecular weight is 351 g/mol. The van der Waals surface area contributed by atoms with Crippen molar-refractivity contribution in [1.29, 1.82) is 0 Å². The van der Waals surface area contributed by atoms with Crippen molar-refractivity contribution < 1.29 is 14.3 Å². The van der Waals surface area contributed by atoms with Gasteiger partial charge in [0, 0.05) is 6.61 Å². The van der Waals surface area contributed by atoms with E-state index in [4.69, 9.17) is 4.74 Å². The fraction of sp³-hybridized carbons (Fsp3) is 0.364. The molecule has 0 fully saturated rings. The summed E-state index contributed by atoms with van der Waals surface area (Å²) in [4.78, 5) is 26.4. The second kappa shape index (κ2) is 8.77. The van der Waals surface area contributed by atoms with Crippen molar-refractivity contribution in [2.75, 3.05) is 6.61 Å². The number of rotatable bonds is 9. The first-order valence-corrected chi connectivity index (χ1v) is 9.32. The van der Waals surface area contributed by atoms with Crippen LogP contribution in [0.4, 0.5) is 0 Å². The van der Waals surface area contributed by atoms with Crippen LogP contribution in [0.1, 0.15) is 64.4 Å². The van der Waals surface area contributed by atoms with Gasteiger partial charge in [0.2, 0.25) is 0 Å². The monoisotopic (exact) mass is 351 g/mol. The van der Waals surface area contributed by atoms with Gasteiger partial charge in [0.25, 0.3) is 11.8 Å². The quantitative estimate of drug-likeness (QED) is 0.491. The summed E-state index contributed by atoms with van der Waals surface area (Å²) in [6.07, 6.45) is 4.70. The topological polar surface area (TPSA) is 46.6 Å². The zero-order chi connectivity index (χ0) is 18.4. The standard InChI is InChI=1S/C22H25NO3/c1-2-3-4-9-14-26-16-18-11-6-5-10-17(18)15-23-21(24)19-12-7-8-13-20(19)22(23)25/h5-8,10-13H,2-4,9,14-16H2,1H3. The number of carbonyl (C=O) groups is 2. The van der Waals surface area contributed by atoms with Crippen molar-refractivity contribution in [2.24, 2.45) is 0 Å². The first kappa shape index (κ1) is 18.3. The Labute approximate surface area is 154 Å². The van der Waals surface area contributed by atoms with Crippen molar-refractivity contribution in [3.63, 3.8) is 0 Å². The number of hydrogen-bond donors (Lipinski definition) is 0. The highest BCUT2D eigenvalue weighted by Crippen LogP contribution is 2.25. The molecule has 0 atom stereocenters. The van der Waals surface area contributed by atoms with Gasteiger partial charge in [-0.1, -0.05) is 62.6 Å². The first-order chi connectivity index (χ1) is 12.7. The predicted octanol–water partition coefficient (Wildman–Crippen LogP) is 4.58. The summed E-state index contributed by atoms with van der Waals surface area (Å²) in [7, 11) is 0. The van der Waals surface area contributed by atoms with E-state index in [2.05, 4.69) is 6.92 Å². The molecule has 0 aromatic heterocycles. The summed E-state index contributed by atoms with van der Waals surface area (Å²) in [6.45, 7) is 3.71. The highest BCUT2D eigenvalue weighted by Gasteiger charge is 2.35. The fourth-order valence-electron chi connectivity index (χ4n) is 3.22. The van der Waals surface area contributed by atoms with Crippen LogP contribution in [0.25, 0.3) is 0 Å². The summed E-state index contributed by atoms with van der Waals surface area (Å²) < 4.78 is 5.80. The number of amides is 2. The van der Waals surface area contributed by atoms with Gasteiger partial charge in [0.05, 0.1) is 24.3 Å². The molecule has 0 N–H and O–H groups in total. The Morgan fingerprint density at radius 3 is 2.08 bits per heavy atom. The minimum Gasteiger partial charge on any atom is -0.377 e. The zero-order valence-corrected chi connectivity index (χ0v) is 15.2. The Morgan fingerprint density at radius 1 is 0.808 bits per heavy atom. The summed E-state index contributed by atoms with van der Waals surface area (Å²) in [6, 6.07) is 14.8. The van der Waals surface area contributed by atoms with Crippen molar-refractivity contribution in [1.82, 2.24) is 4.90 Å². The summed E-state index contributed by atoms with van der Waals surface area (Å²) >= 11 is 0. The number of benzene rings is 2. The van der Waals surface area contributed by atoms with Crippen molar-refractivity contribution in [3.05, 3.63) is 70.8 Å². The molecular weight excluding hydrogens is 326 g/mol. The third-order valence-electron chi connectivity index (χ3n) is 4.72. The Kier molecular flexibility index (Phi) is 6.18. The van der Waals surface area contributed by atoms with Crippen molar-refractivity contribution in [2.45, 2.75) is 45.8 Å². The van der Waals surface area contributed by atoms with Crippen LogP contribution in [-0.2, 0) is 17.9 Å². The highest BCUT2D eigenvalue weighted by atomic mass is 16.5. The lowest BCUT2D eigenvalue weighted by Gasteiger charge is -2.17. The molecular formula is C22H25NO3. The van der Waals surface area contributed by atoms with Gasteiger partial charge in [-0.3, -0.25) is 14.5 Å². The Bertz CT molecular complexity index is 749. The predicted molar refractivity (Wildman–Crippen MR) is 101 cm³/mol. The number of imide groups is 1. The van der Waals surface area contributed by atoms with Crippen LogP contribution in [0.15, 0.2) is 48.5 Å². The number of fused-ring (bicyclic) bond motifs is 1. The lowest BCUT2D eigenvalue weighted by atomic mass is 10.1. The maximum atomic E-state index is 12.6. The molecule has 0 aliphatic carbocycles. The van der Waals surface area contributed by atoms with Crippen LogP contribution < -0.4 is 0 Å². The largest absolute Gasteiger partial charge is 0.377 e. The second-order valence-corrected chi connectivity index (χ2v) is 6.62. The van der Waals surface area contributed by atoms with Crippen LogP contribution in [0.3, 0.4) is 0 Å². The molecule has 1 heterocycles. The van der Waals surface area contributed by atoms with Gasteiger partial charge in [0.1, 0.15) is 0 Å². The summed E-state index contributed by atoms with van der Waals surface area (Å²) in [5.74, 6) is -0.443. The molecule has 3 rings (SSSR count). The Morgan fingerprint density at radius 2 is 1.42 bits per heavy atom. The maximum Gasteiger partial charge on any atom is 0.261 e. The zero-order valence-electron chi connectivity index (χ0n) is 15.2. The van der Waals surface area contributed by atoms with Crippen LogP contribution in [0.2, 0.25) is 0 Å². The number of carbonyl (C=O) groups excluding carboxylic acids is 2. The van der Waals surface area contributed by atoms with E-state index in [1.807, 2.05) is 24.3 Å². The second-order valence-electron chi connectivity index (χ2n) is 6.62. The van der Waals surface area contributed by atoms with Gasteiger partial charge in [-0.2, -0.15) is 0 Å². The Hall–Kier alpha value is -2.46. The minimum atomic E-state index is -0.221. The summed E-state index contributed by atoms with van der Waals surface area (Å²) in [5.41, 5.74) is 2.96. The van der Waals surface area contributed by atoms with Gasteiger partial charge >= 0.3 is 0 Å². The minimum absolute atomic E-state index is 0.221. The maximum absolute atomic E-state index is 12.6. The van der Waals surface area contributed by atoms with Gasteiger partial charge < -0.3 is 4.74 Å². The van der Waals surface area contributed by atoms with E-state index >= 15 is 0 Å². The first-order valence-electron chi connectivity index (χ1n) is 9.32. The average Bonchev–Trinajstić information content (AvgIpc) is 2.91. The van der Waals surface area contributed by atoms with E-state index in [-0.39, 0.29) is 18.4 Å². The molecule has 1 aliphatic heterocycles. The normalized spacial score (nSPS) is 13.3. The van der Waals surface area contributed by atoms with Crippen LogP contribution in [-0.4, -0.2) is 23.3 Å². The third kappa shape index (κ3) is 4.02. The van der Waals surface area contributed by atoms with E-state index in [9.17, 15) is 9.59 Å². The number of nitrogens with zero attached hydrogens (tertiary/aromatic N) is 1. The molecule has 4 heteroatoms. The molecule has 4 nitrogen and oxygen atoms in total. The van der Waals surface area contributed by atoms with E-state index in [1.54, 1.807) is 24.3 Å². The SMILES string of the molecule is CCCCCCOCc1ccccc1CN1C(=O)c2ccccc2C1=O. The molecule has 2 aromatic carbocycles. The highest BCUT2D eigenvalue weighted by molar-refractivity contribution is 6.21. The van der Waals surface area contributed by atoms with Gasteiger partial charge in [-0.15, -0.1) is 0 Å².